The van der Waals surface area contributed by atoms with Crippen molar-refractivity contribution < 1.29 is 0 Å². The molecule has 1 heteroatoms. The molecule has 1 fully saturated rings. The molecule has 92 valence electrons. The van der Waals surface area contributed by atoms with Crippen molar-refractivity contribution in [3.8, 4) is 0 Å². The minimum absolute atomic E-state index is 0.340. The van der Waals surface area contributed by atoms with Crippen molar-refractivity contribution in [2.45, 2.75) is 44.1 Å². The first-order valence-corrected chi connectivity index (χ1v) is 7.01. The number of hydrogen-bond acceptors (Lipinski definition) is 1. The van der Waals surface area contributed by atoms with Gasteiger partial charge in [-0.15, -0.1) is 0 Å². The van der Waals surface area contributed by atoms with Gasteiger partial charge in [-0.25, -0.2) is 0 Å². The van der Waals surface area contributed by atoms with Crippen LogP contribution in [0.3, 0.4) is 0 Å². The molecule has 0 bridgehead atoms. The Balaban J connectivity index is 2.14. The van der Waals surface area contributed by atoms with Crippen molar-refractivity contribution in [1.29, 1.82) is 0 Å². The maximum Gasteiger partial charge on any atom is 0.0486 e. The standard InChI is InChI=1S/C16H23N/c1-17(2)16-12-6-5-8-14(16)11-10-13-7-3-4-9-15(13)16/h3-4,7,9,14H,5-6,8,10-12H2,1-2H3/t14-,16+/m0/s1. The van der Waals surface area contributed by atoms with E-state index in [1.54, 1.807) is 11.1 Å². The highest BCUT2D eigenvalue weighted by molar-refractivity contribution is 5.37. The number of fused-ring (bicyclic) bond motifs is 3. The SMILES string of the molecule is CN(C)[C@]12CCCC[C@H]1CCc1ccccc12. The molecule has 1 saturated carbocycles. The fourth-order valence-corrected chi connectivity index (χ4v) is 4.29. The van der Waals surface area contributed by atoms with E-state index in [-0.39, 0.29) is 0 Å². The van der Waals surface area contributed by atoms with Crippen LogP contribution in [-0.4, -0.2) is 19.0 Å². The van der Waals surface area contributed by atoms with Crippen LogP contribution in [0.5, 0.6) is 0 Å². The van der Waals surface area contributed by atoms with Crippen LogP contribution in [0.15, 0.2) is 24.3 Å². The summed E-state index contributed by atoms with van der Waals surface area (Å²) in [7, 11) is 4.56. The monoisotopic (exact) mass is 229 g/mol. The molecule has 0 unspecified atom stereocenters. The van der Waals surface area contributed by atoms with E-state index >= 15 is 0 Å². The van der Waals surface area contributed by atoms with Gasteiger partial charge in [0.25, 0.3) is 0 Å². The molecular weight excluding hydrogens is 206 g/mol. The lowest BCUT2D eigenvalue weighted by Crippen LogP contribution is -2.51. The number of rotatable bonds is 1. The summed E-state index contributed by atoms with van der Waals surface area (Å²) >= 11 is 0. The molecule has 0 aromatic heterocycles. The molecule has 2 aliphatic carbocycles. The van der Waals surface area contributed by atoms with Crippen LogP contribution in [0.1, 0.15) is 43.2 Å². The molecule has 2 atom stereocenters. The molecule has 0 radical (unpaired) electrons. The molecule has 3 rings (SSSR count). The van der Waals surface area contributed by atoms with Crippen LogP contribution < -0.4 is 0 Å². The van der Waals surface area contributed by atoms with Crippen molar-refractivity contribution in [2.24, 2.45) is 5.92 Å². The molecule has 0 saturated heterocycles. The lowest BCUT2D eigenvalue weighted by atomic mass is 9.62. The van der Waals surface area contributed by atoms with Gasteiger partial charge in [0.1, 0.15) is 0 Å². The Morgan fingerprint density at radius 1 is 1.12 bits per heavy atom. The first-order valence-electron chi connectivity index (χ1n) is 7.01. The molecule has 0 N–H and O–H groups in total. The lowest BCUT2D eigenvalue weighted by Gasteiger charge is -2.52. The molecular formula is C16H23N. The summed E-state index contributed by atoms with van der Waals surface area (Å²) in [6.45, 7) is 0. The van der Waals surface area contributed by atoms with Crippen molar-refractivity contribution in [1.82, 2.24) is 4.90 Å². The van der Waals surface area contributed by atoms with E-state index in [9.17, 15) is 0 Å². The number of hydrogen-bond donors (Lipinski definition) is 0. The molecule has 2 aliphatic rings. The zero-order valence-corrected chi connectivity index (χ0v) is 11.1. The number of benzene rings is 1. The summed E-state index contributed by atoms with van der Waals surface area (Å²) in [5.41, 5.74) is 3.56. The molecule has 0 amide bonds. The summed E-state index contributed by atoms with van der Waals surface area (Å²) in [4.78, 5) is 2.51. The zero-order valence-electron chi connectivity index (χ0n) is 11.1. The molecule has 1 nitrogen and oxygen atoms in total. The third kappa shape index (κ3) is 1.55. The molecule has 17 heavy (non-hydrogen) atoms. The summed E-state index contributed by atoms with van der Waals surface area (Å²) in [5.74, 6) is 0.876. The van der Waals surface area contributed by atoms with Crippen molar-refractivity contribution >= 4 is 0 Å². The quantitative estimate of drug-likeness (QED) is 0.711. The van der Waals surface area contributed by atoms with E-state index in [1.165, 1.54) is 38.5 Å². The molecule has 1 aromatic rings. The Labute approximate surface area is 105 Å². The first-order chi connectivity index (χ1) is 8.25. The van der Waals surface area contributed by atoms with Gasteiger partial charge in [-0.2, -0.15) is 0 Å². The molecule has 0 heterocycles. The van der Waals surface area contributed by atoms with E-state index in [4.69, 9.17) is 0 Å². The lowest BCUT2D eigenvalue weighted by molar-refractivity contribution is 0.0203. The third-order valence-electron chi connectivity index (χ3n) is 5.08. The average Bonchev–Trinajstić information content (AvgIpc) is 2.38. The Bertz CT molecular complexity index is 410. The minimum atomic E-state index is 0.340. The van der Waals surface area contributed by atoms with Crippen LogP contribution in [0.2, 0.25) is 0 Å². The van der Waals surface area contributed by atoms with Gasteiger partial charge in [-0.1, -0.05) is 37.1 Å². The van der Waals surface area contributed by atoms with E-state index < -0.39 is 0 Å². The van der Waals surface area contributed by atoms with Crippen molar-refractivity contribution in [2.75, 3.05) is 14.1 Å². The van der Waals surface area contributed by atoms with Gasteiger partial charge in [0, 0.05) is 5.54 Å². The second-order valence-corrected chi connectivity index (χ2v) is 5.96. The van der Waals surface area contributed by atoms with Crippen LogP contribution in [0, 0.1) is 5.92 Å². The summed E-state index contributed by atoms with van der Waals surface area (Å²) in [5, 5.41) is 0. The third-order valence-corrected chi connectivity index (χ3v) is 5.08. The molecule has 0 spiro atoms. The van der Waals surface area contributed by atoms with Gasteiger partial charge in [0.05, 0.1) is 0 Å². The van der Waals surface area contributed by atoms with Crippen LogP contribution in [0.4, 0.5) is 0 Å². The molecule has 1 aromatic carbocycles. The Morgan fingerprint density at radius 3 is 2.76 bits per heavy atom. The predicted molar refractivity (Wildman–Crippen MR) is 72.1 cm³/mol. The van der Waals surface area contributed by atoms with Gasteiger partial charge < -0.3 is 0 Å². The van der Waals surface area contributed by atoms with Gasteiger partial charge in [-0.05, 0) is 56.8 Å². The van der Waals surface area contributed by atoms with E-state index in [1.807, 2.05) is 0 Å². The second-order valence-electron chi connectivity index (χ2n) is 5.96. The fourth-order valence-electron chi connectivity index (χ4n) is 4.29. The Morgan fingerprint density at radius 2 is 1.94 bits per heavy atom. The maximum absolute atomic E-state index is 2.51. The zero-order chi connectivity index (χ0) is 11.9. The Kier molecular flexibility index (Phi) is 2.74. The van der Waals surface area contributed by atoms with Crippen molar-refractivity contribution in [3.63, 3.8) is 0 Å². The number of aryl methyl sites for hydroxylation is 1. The first kappa shape index (κ1) is 11.3. The highest BCUT2D eigenvalue weighted by Gasteiger charge is 2.46. The normalized spacial score (nSPS) is 32.1. The van der Waals surface area contributed by atoms with Crippen LogP contribution in [-0.2, 0) is 12.0 Å². The topological polar surface area (TPSA) is 3.24 Å². The van der Waals surface area contributed by atoms with E-state index in [0.29, 0.717) is 5.54 Å². The summed E-state index contributed by atoms with van der Waals surface area (Å²) < 4.78 is 0. The van der Waals surface area contributed by atoms with Gasteiger partial charge in [-0.3, -0.25) is 4.90 Å². The minimum Gasteiger partial charge on any atom is -0.299 e. The fraction of sp³-hybridized carbons (Fsp3) is 0.625. The van der Waals surface area contributed by atoms with Gasteiger partial charge in [0.15, 0.2) is 0 Å². The maximum atomic E-state index is 2.51. The van der Waals surface area contributed by atoms with Crippen LogP contribution in [0.25, 0.3) is 0 Å². The highest BCUT2D eigenvalue weighted by atomic mass is 15.2. The average molecular weight is 229 g/mol. The van der Waals surface area contributed by atoms with Crippen molar-refractivity contribution in [3.05, 3.63) is 35.4 Å². The molecule has 0 aliphatic heterocycles. The van der Waals surface area contributed by atoms with E-state index in [0.717, 1.165) is 5.92 Å². The summed E-state index contributed by atoms with van der Waals surface area (Å²) in [6, 6.07) is 9.14. The van der Waals surface area contributed by atoms with Gasteiger partial charge >= 0.3 is 0 Å². The van der Waals surface area contributed by atoms with E-state index in [2.05, 4.69) is 43.3 Å². The second kappa shape index (κ2) is 4.13. The highest BCUT2D eigenvalue weighted by Crippen LogP contribution is 2.50. The largest absolute Gasteiger partial charge is 0.299 e. The summed E-state index contributed by atoms with van der Waals surface area (Å²) in [6.07, 6.45) is 8.27. The predicted octanol–water partition coefficient (Wildman–Crippen LogP) is 3.58. The van der Waals surface area contributed by atoms with Gasteiger partial charge in [0.2, 0.25) is 0 Å². The smallest absolute Gasteiger partial charge is 0.0486 e. The Hall–Kier alpha value is -0.820. The number of nitrogens with zero attached hydrogens (tertiary/aromatic N) is 1. The van der Waals surface area contributed by atoms with Crippen LogP contribution >= 0.6 is 0 Å².